The molecule has 0 radical (unpaired) electrons. The second kappa shape index (κ2) is 6.80. The third kappa shape index (κ3) is 2.69. The topological polar surface area (TPSA) is 86.4 Å². The molecule has 3 heterocycles. The van der Waals surface area contributed by atoms with Gasteiger partial charge in [0.25, 0.3) is 0 Å². The number of esters is 1. The molecule has 0 spiro atoms. The average molecular weight is 451 g/mol. The van der Waals surface area contributed by atoms with Crippen LogP contribution in [0, 0.1) is 5.82 Å². The molecule has 9 heteroatoms. The van der Waals surface area contributed by atoms with Crippen LogP contribution in [0.5, 0.6) is 0 Å². The van der Waals surface area contributed by atoms with E-state index in [9.17, 15) is 9.59 Å². The molecule has 0 bridgehead atoms. The first kappa shape index (κ1) is 19.3. The fourth-order valence-corrected chi connectivity index (χ4v) is 4.55. The molecule has 32 heavy (non-hydrogen) atoms. The molecular weight excluding hydrogens is 435 g/mol. The Balaban J connectivity index is 1.75. The van der Waals surface area contributed by atoms with Crippen LogP contribution in [0.1, 0.15) is 42.6 Å². The smallest absolute Gasteiger partial charge is 0.343 e. The van der Waals surface area contributed by atoms with Crippen LogP contribution in [0.2, 0.25) is 0 Å². The van der Waals surface area contributed by atoms with Gasteiger partial charge in [-0.2, -0.15) is 0 Å². The largest absolute Gasteiger partial charge is 0.462 e. The van der Waals surface area contributed by atoms with Crippen LogP contribution in [-0.2, 0) is 4.74 Å². The number of halogens is 2. The van der Waals surface area contributed by atoms with Crippen LogP contribution in [0.15, 0.2) is 44.9 Å². The monoisotopic (exact) mass is 450 g/mol. The SMILES string of the molecule is CCOC(=O)c1cn(C2CC2)c2c(cc(F)c3nc4c(nc32)=NC2=C(Cl)C=CCC=42)c1=O. The van der Waals surface area contributed by atoms with Gasteiger partial charge in [-0.15, -0.1) is 0 Å². The van der Waals surface area contributed by atoms with Crippen molar-refractivity contribution in [3.05, 3.63) is 67.6 Å². The number of benzene rings is 1. The minimum Gasteiger partial charge on any atom is -0.462 e. The first-order chi connectivity index (χ1) is 15.5. The summed E-state index contributed by atoms with van der Waals surface area (Å²) in [4.78, 5) is 39.2. The van der Waals surface area contributed by atoms with Crippen molar-refractivity contribution in [3.8, 4) is 0 Å². The lowest BCUT2D eigenvalue weighted by Crippen LogP contribution is -2.31. The maximum Gasteiger partial charge on any atom is 0.343 e. The van der Waals surface area contributed by atoms with Crippen molar-refractivity contribution in [2.24, 2.45) is 4.99 Å². The van der Waals surface area contributed by atoms with E-state index in [0.717, 1.165) is 24.5 Å². The van der Waals surface area contributed by atoms with Crippen molar-refractivity contribution >= 4 is 45.1 Å². The molecule has 1 saturated carbocycles. The predicted molar refractivity (Wildman–Crippen MR) is 116 cm³/mol. The van der Waals surface area contributed by atoms with E-state index in [4.69, 9.17) is 16.3 Å². The van der Waals surface area contributed by atoms with E-state index >= 15 is 4.39 Å². The number of nitrogens with zero attached hydrogens (tertiary/aromatic N) is 4. The van der Waals surface area contributed by atoms with Gasteiger partial charge in [0.05, 0.1) is 28.2 Å². The van der Waals surface area contributed by atoms with Crippen molar-refractivity contribution in [3.63, 3.8) is 0 Å². The molecule has 0 N–H and O–H groups in total. The van der Waals surface area contributed by atoms with E-state index < -0.39 is 17.2 Å². The predicted octanol–water partition coefficient (Wildman–Crippen LogP) is 2.79. The summed E-state index contributed by atoms with van der Waals surface area (Å²) >= 11 is 6.29. The first-order valence-electron chi connectivity index (χ1n) is 10.4. The lowest BCUT2D eigenvalue weighted by molar-refractivity contribution is 0.0524. The number of aromatic nitrogens is 3. The highest BCUT2D eigenvalue weighted by atomic mass is 35.5. The van der Waals surface area contributed by atoms with Crippen LogP contribution in [0.25, 0.3) is 27.5 Å². The Labute approximate surface area is 185 Å². The Hall–Kier alpha value is -3.39. The summed E-state index contributed by atoms with van der Waals surface area (Å²) < 4.78 is 22.1. The molecule has 0 saturated heterocycles. The van der Waals surface area contributed by atoms with Gasteiger partial charge in [0, 0.05) is 17.8 Å². The molecule has 3 aliphatic rings. The minimum absolute atomic E-state index is 0.0589. The zero-order valence-corrected chi connectivity index (χ0v) is 17.7. The van der Waals surface area contributed by atoms with Crippen molar-refractivity contribution in [1.29, 1.82) is 0 Å². The average Bonchev–Trinajstić information content (AvgIpc) is 3.55. The number of pyridine rings is 1. The molecule has 0 atom stereocenters. The van der Waals surface area contributed by atoms with Gasteiger partial charge < -0.3 is 9.30 Å². The third-order valence-corrected chi connectivity index (χ3v) is 6.21. The van der Waals surface area contributed by atoms with Crippen molar-refractivity contribution in [1.82, 2.24) is 14.5 Å². The molecular formula is C23H16ClFN4O3. The number of carbonyl (C=O) groups excluding carboxylic acids is 1. The number of hydrogen-bond acceptors (Lipinski definition) is 6. The molecule has 1 aliphatic heterocycles. The fourth-order valence-electron chi connectivity index (χ4n) is 4.30. The van der Waals surface area contributed by atoms with Gasteiger partial charge in [-0.05, 0) is 38.3 Å². The van der Waals surface area contributed by atoms with Gasteiger partial charge in [0.2, 0.25) is 5.43 Å². The highest BCUT2D eigenvalue weighted by Gasteiger charge is 2.30. The minimum atomic E-state index is -0.723. The van der Waals surface area contributed by atoms with E-state index in [1.165, 1.54) is 6.20 Å². The second-order valence-electron chi connectivity index (χ2n) is 7.97. The number of rotatable bonds is 3. The highest BCUT2D eigenvalue weighted by Crippen LogP contribution is 2.38. The standard InChI is InChI=1S/C23H16ClFN4O3/c1-2-32-23(31)13-9-29(10-6-7-10)20-12(21(13)30)8-15(25)18-19(20)28-22-17(26-18)11-4-3-5-14(24)16(11)27-22/h3,5,8-10H,2,4,6-7H2,1H3. The number of fused-ring (bicyclic) bond motifs is 5. The number of ether oxygens (including phenoxy) is 1. The molecule has 2 aliphatic carbocycles. The lowest BCUT2D eigenvalue weighted by Gasteiger charge is -2.14. The Morgan fingerprint density at radius 3 is 2.88 bits per heavy atom. The van der Waals surface area contributed by atoms with Gasteiger partial charge >= 0.3 is 5.97 Å². The van der Waals surface area contributed by atoms with Gasteiger partial charge in [0.15, 0.2) is 11.3 Å². The molecule has 7 nitrogen and oxygen atoms in total. The summed E-state index contributed by atoms with van der Waals surface area (Å²) in [6.45, 7) is 1.80. The summed E-state index contributed by atoms with van der Waals surface area (Å²) in [5, 5.41) is 1.05. The lowest BCUT2D eigenvalue weighted by atomic mass is 10.1. The van der Waals surface area contributed by atoms with Crippen LogP contribution in [-0.4, -0.2) is 27.1 Å². The van der Waals surface area contributed by atoms with Crippen LogP contribution >= 0.6 is 11.6 Å². The quantitative estimate of drug-likeness (QED) is 0.452. The number of hydrogen-bond donors (Lipinski definition) is 0. The van der Waals surface area contributed by atoms with E-state index in [2.05, 4.69) is 15.0 Å². The van der Waals surface area contributed by atoms with Crippen LogP contribution in [0.3, 0.4) is 0 Å². The van der Waals surface area contributed by atoms with E-state index in [1.807, 2.05) is 10.6 Å². The summed E-state index contributed by atoms with van der Waals surface area (Å²) in [5.74, 6) is -1.40. The number of allylic oxidation sites excluding steroid dienone is 4. The molecule has 160 valence electrons. The summed E-state index contributed by atoms with van der Waals surface area (Å²) in [6, 6.07) is 1.23. The first-order valence-corrected chi connectivity index (χ1v) is 10.8. The Morgan fingerprint density at radius 2 is 2.12 bits per heavy atom. The van der Waals surface area contributed by atoms with Crippen molar-refractivity contribution in [2.45, 2.75) is 32.2 Å². The molecule has 0 amide bonds. The second-order valence-corrected chi connectivity index (χ2v) is 8.38. The van der Waals surface area contributed by atoms with Gasteiger partial charge in [-0.1, -0.05) is 17.7 Å². The zero-order valence-electron chi connectivity index (χ0n) is 17.0. The van der Waals surface area contributed by atoms with Crippen molar-refractivity contribution < 1.29 is 13.9 Å². The third-order valence-electron chi connectivity index (χ3n) is 5.91. The molecule has 1 fully saturated rings. The van der Waals surface area contributed by atoms with Gasteiger partial charge in [0.1, 0.15) is 21.9 Å². The summed E-state index contributed by atoms with van der Waals surface area (Å²) in [5.41, 5.74) is 1.79. The summed E-state index contributed by atoms with van der Waals surface area (Å²) in [6.07, 6.45) is 7.51. The van der Waals surface area contributed by atoms with E-state index in [0.29, 0.717) is 33.5 Å². The Morgan fingerprint density at radius 1 is 1.31 bits per heavy atom. The molecule has 2 aromatic heterocycles. The molecule has 3 aromatic rings. The fraction of sp³-hybridized carbons (Fsp3) is 0.261. The zero-order chi connectivity index (χ0) is 22.1. The van der Waals surface area contributed by atoms with Crippen molar-refractivity contribution in [2.75, 3.05) is 6.61 Å². The van der Waals surface area contributed by atoms with Crippen LogP contribution in [0.4, 0.5) is 4.39 Å². The van der Waals surface area contributed by atoms with Crippen LogP contribution < -0.4 is 16.3 Å². The number of carbonyl (C=O) groups is 1. The van der Waals surface area contributed by atoms with Gasteiger partial charge in [-0.25, -0.2) is 24.1 Å². The highest BCUT2D eigenvalue weighted by molar-refractivity contribution is 6.32. The molecule has 1 aromatic carbocycles. The maximum atomic E-state index is 15.2. The molecule has 0 unspecified atom stereocenters. The van der Waals surface area contributed by atoms with E-state index in [-0.39, 0.29) is 34.6 Å². The van der Waals surface area contributed by atoms with E-state index in [1.54, 1.807) is 13.0 Å². The Bertz CT molecular complexity index is 1630. The normalized spacial score (nSPS) is 17.0. The molecule has 6 rings (SSSR count). The van der Waals surface area contributed by atoms with Gasteiger partial charge in [-0.3, -0.25) is 4.79 Å². The summed E-state index contributed by atoms with van der Waals surface area (Å²) in [7, 11) is 0. The Kier molecular flexibility index (Phi) is 4.10. The maximum absolute atomic E-state index is 15.2.